The molecule has 0 aliphatic heterocycles. The van der Waals surface area contributed by atoms with E-state index in [1.54, 1.807) is 6.08 Å². The molecular weight excluding hydrogens is 156 g/mol. The third-order valence-corrected chi connectivity index (χ3v) is 1.50. The minimum absolute atomic E-state index is 0.779. The molecule has 0 spiro atoms. The van der Waals surface area contributed by atoms with Gasteiger partial charge in [0.25, 0.3) is 0 Å². The molecular formula is C13H12. The molecule has 0 aliphatic rings. The van der Waals surface area contributed by atoms with Crippen LogP contribution in [0.4, 0.5) is 0 Å². The minimum Gasteiger partial charge on any atom is -0.0991 e. The highest BCUT2D eigenvalue weighted by molar-refractivity contribution is 5.33. The zero-order chi connectivity index (χ0) is 9.36. The van der Waals surface area contributed by atoms with E-state index in [0.29, 0.717) is 0 Å². The molecule has 1 aromatic rings. The Morgan fingerprint density at radius 2 is 2.00 bits per heavy atom. The number of benzene rings is 1. The van der Waals surface area contributed by atoms with Gasteiger partial charge in [-0.25, -0.2) is 0 Å². The van der Waals surface area contributed by atoms with Gasteiger partial charge in [0.1, 0.15) is 0 Å². The molecule has 1 rings (SSSR count). The highest BCUT2D eigenvalue weighted by Crippen LogP contribution is 1.95. The molecule has 0 fully saturated rings. The Bertz CT molecular complexity index is 333. The van der Waals surface area contributed by atoms with Gasteiger partial charge < -0.3 is 0 Å². The Morgan fingerprint density at radius 3 is 2.69 bits per heavy atom. The van der Waals surface area contributed by atoms with Crippen molar-refractivity contribution in [2.45, 2.75) is 6.42 Å². The molecule has 0 amide bonds. The van der Waals surface area contributed by atoms with Crippen molar-refractivity contribution in [2.75, 3.05) is 0 Å². The molecule has 0 N–H and O–H groups in total. The summed E-state index contributed by atoms with van der Waals surface area (Å²) in [7, 11) is 0. The predicted octanol–water partition coefficient (Wildman–Crippen LogP) is 3.17. The van der Waals surface area contributed by atoms with Crippen molar-refractivity contribution in [1.29, 1.82) is 0 Å². The second-order valence-corrected chi connectivity index (χ2v) is 2.54. The van der Waals surface area contributed by atoms with Gasteiger partial charge in [0.15, 0.2) is 0 Å². The number of allylic oxidation sites excluding steroid dienone is 3. The van der Waals surface area contributed by atoms with E-state index in [-0.39, 0.29) is 0 Å². The Labute approximate surface area is 79.6 Å². The van der Waals surface area contributed by atoms with Crippen LogP contribution in [0.2, 0.25) is 0 Å². The Kier molecular flexibility index (Phi) is 4.21. The molecule has 1 aromatic carbocycles. The summed E-state index contributed by atoms with van der Waals surface area (Å²) in [6, 6.07) is 9.98. The van der Waals surface area contributed by atoms with Crippen LogP contribution < -0.4 is 0 Å². The molecule has 0 atom stereocenters. The van der Waals surface area contributed by atoms with Crippen molar-refractivity contribution < 1.29 is 0 Å². The smallest absolute Gasteiger partial charge is 0.0276 e. The van der Waals surface area contributed by atoms with E-state index in [2.05, 4.69) is 18.4 Å². The SMILES string of the molecule is C=C/C=C/CC#Cc1ccccc1. The van der Waals surface area contributed by atoms with Gasteiger partial charge in [-0.3, -0.25) is 0 Å². The fourth-order valence-corrected chi connectivity index (χ4v) is 0.898. The van der Waals surface area contributed by atoms with Gasteiger partial charge in [-0.1, -0.05) is 54.8 Å². The average Bonchev–Trinajstić information content (AvgIpc) is 2.19. The third-order valence-electron chi connectivity index (χ3n) is 1.50. The first-order valence-corrected chi connectivity index (χ1v) is 4.25. The average molecular weight is 168 g/mol. The van der Waals surface area contributed by atoms with Crippen molar-refractivity contribution in [3.8, 4) is 11.8 Å². The standard InChI is InChI=1S/C13H12/c1-2-3-4-5-7-10-13-11-8-6-9-12-13/h2-4,6,8-9,11-12H,1,5H2/b4-3+. The monoisotopic (exact) mass is 168 g/mol. The summed E-state index contributed by atoms with van der Waals surface area (Å²) in [5, 5.41) is 0. The lowest BCUT2D eigenvalue weighted by Gasteiger charge is -1.85. The van der Waals surface area contributed by atoms with E-state index >= 15 is 0 Å². The van der Waals surface area contributed by atoms with Crippen molar-refractivity contribution in [3.63, 3.8) is 0 Å². The fourth-order valence-electron chi connectivity index (χ4n) is 0.898. The van der Waals surface area contributed by atoms with E-state index in [1.165, 1.54) is 0 Å². The fraction of sp³-hybridized carbons (Fsp3) is 0.0769. The molecule has 13 heavy (non-hydrogen) atoms. The molecule has 0 saturated heterocycles. The van der Waals surface area contributed by atoms with Gasteiger partial charge in [0.05, 0.1) is 0 Å². The lowest BCUT2D eigenvalue weighted by molar-refractivity contribution is 1.46. The molecule has 0 heterocycles. The number of hydrogen-bond acceptors (Lipinski definition) is 0. The van der Waals surface area contributed by atoms with Gasteiger partial charge in [0, 0.05) is 12.0 Å². The van der Waals surface area contributed by atoms with Crippen LogP contribution in [0.15, 0.2) is 55.1 Å². The zero-order valence-corrected chi connectivity index (χ0v) is 7.53. The molecule has 0 aromatic heterocycles. The highest BCUT2D eigenvalue weighted by Gasteiger charge is 1.79. The van der Waals surface area contributed by atoms with Crippen LogP contribution in [0.5, 0.6) is 0 Å². The van der Waals surface area contributed by atoms with Crippen LogP contribution in [0.3, 0.4) is 0 Å². The van der Waals surface area contributed by atoms with Crippen LogP contribution in [0.25, 0.3) is 0 Å². The summed E-state index contributed by atoms with van der Waals surface area (Å²) in [6.07, 6.45) is 6.42. The first-order chi connectivity index (χ1) is 6.43. The van der Waals surface area contributed by atoms with E-state index in [1.807, 2.05) is 42.5 Å². The van der Waals surface area contributed by atoms with E-state index in [9.17, 15) is 0 Å². The van der Waals surface area contributed by atoms with Crippen molar-refractivity contribution >= 4 is 0 Å². The maximum Gasteiger partial charge on any atom is 0.0276 e. The zero-order valence-electron chi connectivity index (χ0n) is 7.53. The molecule has 0 heteroatoms. The molecule has 0 radical (unpaired) electrons. The normalized spacial score (nSPS) is 9.23. The van der Waals surface area contributed by atoms with Gasteiger partial charge in [0.2, 0.25) is 0 Å². The largest absolute Gasteiger partial charge is 0.0991 e. The second kappa shape index (κ2) is 5.85. The van der Waals surface area contributed by atoms with E-state index < -0.39 is 0 Å². The summed E-state index contributed by atoms with van der Waals surface area (Å²) < 4.78 is 0. The molecule has 64 valence electrons. The summed E-state index contributed by atoms with van der Waals surface area (Å²) in [6.45, 7) is 3.58. The predicted molar refractivity (Wildman–Crippen MR) is 57.3 cm³/mol. The molecule has 0 aliphatic carbocycles. The third kappa shape index (κ3) is 3.98. The van der Waals surface area contributed by atoms with E-state index in [4.69, 9.17) is 0 Å². The van der Waals surface area contributed by atoms with E-state index in [0.717, 1.165) is 12.0 Å². The van der Waals surface area contributed by atoms with Crippen LogP contribution >= 0.6 is 0 Å². The van der Waals surface area contributed by atoms with Crippen LogP contribution in [0, 0.1) is 11.8 Å². The van der Waals surface area contributed by atoms with Gasteiger partial charge in [-0.15, -0.1) is 0 Å². The first-order valence-electron chi connectivity index (χ1n) is 4.25. The Morgan fingerprint density at radius 1 is 1.23 bits per heavy atom. The first kappa shape index (κ1) is 9.35. The van der Waals surface area contributed by atoms with Gasteiger partial charge in [-0.2, -0.15) is 0 Å². The highest BCUT2D eigenvalue weighted by atomic mass is 13.8. The lowest BCUT2D eigenvalue weighted by atomic mass is 10.2. The summed E-state index contributed by atoms with van der Waals surface area (Å²) in [5.41, 5.74) is 1.06. The van der Waals surface area contributed by atoms with Crippen molar-refractivity contribution in [2.24, 2.45) is 0 Å². The van der Waals surface area contributed by atoms with Crippen LogP contribution in [-0.4, -0.2) is 0 Å². The van der Waals surface area contributed by atoms with Crippen molar-refractivity contribution in [3.05, 3.63) is 60.7 Å². The van der Waals surface area contributed by atoms with Crippen LogP contribution in [0.1, 0.15) is 12.0 Å². The molecule has 0 saturated carbocycles. The maximum absolute atomic E-state index is 3.58. The maximum atomic E-state index is 3.58. The lowest BCUT2D eigenvalue weighted by Crippen LogP contribution is -1.69. The quantitative estimate of drug-likeness (QED) is 0.470. The summed E-state index contributed by atoms with van der Waals surface area (Å²) in [4.78, 5) is 0. The number of hydrogen-bond donors (Lipinski definition) is 0. The molecule has 0 nitrogen and oxygen atoms in total. The van der Waals surface area contributed by atoms with Gasteiger partial charge in [-0.05, 0) is 12.1 Å². The van der Waals surface area contributed by atoms with Gasteiger partial charge >= 0.3 is 0 Å². The van der Waals surface area contributed by atoms with Crippen molar-refractivity contribution in [1.82, 2.24) is 0 Å². The minimum atomic E-state index is 0.779. The number of rotatable bonds is 2. The Hall–Kier alpha value is -1.74. The summed E-state index contributed by atoms with van der Waals surface area (Å²) >= 11 is 0. The second-order valence-electron chi connectivity index (χ2n) is 2.54. The topological polar surface area (TPSA) is 0 Å². The molecule has 0 unspecified atom stereocenters. The summed E-state index contributed by atoms with van der Waals surface area (Å²) in [5.74, 6) is 6.12. The van der Waals surface area contributed by atoms with Crippen LogP contribution in [-0.2, 0) is 0 Å². The molecule has 0 bridgehead atoms. The Balaban J connectivity index is 2.49.